The van der Waals surface area contributed by atoms with Gasteiger partial charge >= 0.3 is 0 Å². The molecule has 1 saturated heterocycles. The van der Waals surface area contributed by atoms with Gasteiger partial charge in [-0.15, -0.1) is 0 Å². The maximum absolute atomic E-state index is 7.03. The SMILES string of the molecule is CC(C)(C)[Si](OC[C@@H]1CC[C@H](N2C=CC=NC2)O1)(c1ccccc1)c1ccccc1. The standard InChI is InChI=1S/C25H32N2O2Si/c1-25(2,3)30(22-11-6-4-7-12-22,23-13-8-5-9-14-23)28-19-21-15-16-24(29-21)27-18-10-17-26-20-27/h4-14,17-18,21,24H,15-16,19-20H2,1-3H3/t21-,24+/m0/s1. The fraction of sp³-hybridized carbons (Fsp3) is 0.400. The first-order valence-electron chi connectivity index (χ1n) is 10.8. The summed E-state index contributed by atoms with van der Waals surface area (Å²) in [4.78, 5) is 6.50. The van der Waals surface area contributed by atoms with Crippen molar-refractivity contribution in [3.05, 3.63) is 72.9 Å². The maximum Gasteiger partial charge on any atom is 0.261 e. The molecule has 2 aliphatic rings. The van der Waals surface area contributed by atoms with E-state index < -0.39 is 8.32 Å². The number of benzene rings is 2. The average Bonchev–Trinajstić information content (AvgIpc) is 3.25. The lowest BCUT2D eigenvalue weighted by Gasteiger charge is -2.43. The van der Waals surface area contributed by atoms with Gasteiger partial charge in [-0.25, -0.2) is 0 Å². The minimum absolute atomic E-state index is 0.0158. The van der Waals surface area contributed by atoms with Gasteiger partial charge in [0.15, 0.2) is 0 Å². The van der Waals surface area contributed by atoms with Crippen LogP contribution in [0.3, 0.4) is 0 Å². The summed E-state index contributed by atoms with van der Waals surface area (Å²) in [7, 11) is -2.51. The fourth-order valence-electron chi connectivity index (χ4n) is 4.62. The Balaban J connectivity index is 1.58. The van der Waals surface area contributed by atoms with Gasteiger partial charge in [0.1, 0.15) is 12.9 Å². The van der Waals surface area contributed by atoms with Crippen LogP contribution in [0.4, 0.5) is 0 Å². The molecule has 2 aromatic carbocycles. The predicted molar refractivity (Wildman–Crippen MR) is 126 cm³/mol. The molecule has 0 radical (unpaired) electrons. The average molecular weight is 421 g/mol. The summed E-state index contributed by atoms with van der Waals surface area (Å²) in [5, 5.41) is 2.61. The second kappa shape index (κ2) is 8.88. The first-order valence-corrected chi connectivity index (χ1v) is 12.7. The van der Waals surface area contributed by atoms with Gasteiger partial charge in [0, 0.05) is 12.4 Å². The van der Waals surface area contributed by atoms with Crippen LogP contribution in [0, 0.1) is 0 Å². The van der Waals surface area contributed by atoms with Crippen LogP contribution in [-0.4, -0.2) is 45.0 Å². The highest BCUT2D eigenvalue weighted by Crippen LogP contribution is 2.37. The third-order valence-electron chi connectivity index (χ3n) is 6.07. The zero-order valence-electron chi connectivity index (χ0n) is 18.2. The summed E-state index contributed by atoms with van der Waals surface area (Å²) < 4.78 is 13.4. The molecule has 2 aromatic rings. The molecule has 0 spiro atoms. The third-order valence-corrected chi connectivity index (χ3v) is 11.1. The van der Waals surface area contributed by atoms with E-state index in [1.165, 1.54) is 10.4 Å². The fourth-order valence-corrected chi connectivity index (χ4v) is 9.21. The first kappa shape index (κ1) is 21.0. The predicted octanol–water partition coefficient (Wildman–Crippen LogP) is 3.93. The van der Waals surface area contributed by atoms with Crippen LogP contribution in [0.15, 0.2) is 77.9 Å². The highest BCUT2D eigenvalue weighted by molar-refractivity contribution is 6.99. The van der Waals surface area contributed by atoms with Gasteiger partial charge in [-0.05, 0) is 34.3 Å². The summed E-state index contributed by atoms with van der Waals surface area (Å²) in [6.45, 7) is 8.23. The van der Waals surface area contributed by atoms with E-state index in [4.69, 9.17) is 9.16 Å². The smallest absolute Gasteiger partial charge is 0.261 e. The van der Waals surface area contributed by atoms with E-state index >= 15 is 0 Å². The van der Waals surface area contributed by atoms with Crippen LogP contribution in [0.2, 0.25) is 5.04 Å². The number of rotatable bonds is 6. The minimum atomic E-state index is -2.51. The normalized spacial score (nSPS) is 21.9. The van der Waals surface area contributed by atoms with Gasteiger partial charge in [0.05, 0.1) is 12.7 Å². The summed E-state index contributed by atoms with van der Waals surface area (Å²) >= 11 is 0. The van der Waals surface area contributed by atoms with Crippen LogP contribution >= 0.6 is 0 Å². The second-order valence-electron chi connectivity index (χ2n) is 9.09. The van der Waals surface area contributed by atoms with E-state index in [2.05, 4.69) is 97.5 Å². The molecule has 2 heterocycles. The van der Waals surface area contributed by atoms with E-state index in [9.17, 15) is 0 Å². The molecule has 5 heteroatoms. The van der Waals surface area contributed by atoms with E-state index in [0.29, 0.717) is 13.3 Å². The Morgan fingerprint density at radius 3 is 2.17 bits per heavy atom. The van der Waals surface area contributed by atoms with Crippen LogP contribution in [0.1, 0.15) is 33.6 Å². The molecule has 0 saturated carbocycles. The molecule has 4 rings (SSSR count). The molecular weight excluding hydrogens is 388 g/mol. The number of hydrogen-bond acceptors (Lipinski definition) is 4. The van der Waals surface area contributed by atoms with E-state index in [0.717, 1.165) is 12.8 Å². The third kappa shape index (κ3) is 4.15. The molecule has 0 aliphatic carbocycles. The molecule has 0 unspecified atom stereocenters. The molecule has 1 fully saturated rings. The molecule has 0 aromatic heterocycles. The molecule has 158 valence electrons. The molecule has 2 aliphatic heterocycles. The number of ether oxygens (including phenoxy) is 1. The summed E-state index contributed by atoms with van der Waals surface area (Å²) in [5.41, 5.74) is 0. The lowest BCUT2D eigenvalue weighted by atomic mass is 10.2. The number of nitrogens with zero attached hydrogens (tertiary/aromatic N) is 2. The van der Waals surface area contributed by atoms with Crippen LogP contribution < -0.4 is 10.4 Å². The topological polar surface area (TPSA) is 34.1 Å². The van der Waals surface area contributed by atoms with Crippen molar-refractivity contribution in [1.29, 1.82) is 0 Å². The number of allylic oxidation sites excluding steroid dienone is 1. The minimum Gasteiger partial charge on any atom is -0.405 e. The van der Waals surface area contributed by atoms with Crippen LogP contribution in [0.5, 0.6) is 0 Å². The summed E-state index contributed by atoms with van der Waals surface area (Å²) in [5.74, 6) is 0. The number of aliphatic imine (C=N–C) groups is 1. The molecule has 2 atom stereocenters. The summed E-state index contributed by atoms with van der Waals surface area (Å²) in [6.07, 6.45) is 8.10. The van der Waals surface area contributed by atoms with Gasteiger partial charge in [-0.2, -0.15) is 0 Å². The van der Waals surface area contributed by atoms with Crippen molar-refractivity contribution < 1.29 is 9.16 Å². The van der Waals surface area contributed by atoms with Gasteiger partial charge in [0.2, 0.25) is 0 Å². The lowest BCUT2D eigenvalue weighted by molar-refractivity contribution is -0.0471. The quantitative estimate of drug-likeness (QED) is 0.664. The highest BCUT2D eigenvalue weighted by atomic mass is 28.4. The van der Waals surface area contributed by atoms with Crippen molar-refractivity contribution in [2.45, 2.75) is 51.0 Å². The highest BCUT2D eigenvalue weighted by Gasteiger charge is 2.50. The Bertz CT molecular complexity index is 838. The Kier molecular flexibility index (Phi) is 6.23. The molecule has 30 heavy (non-hydrogen) atoms. The second-order valence-corrected chi connectivity index (χ2v) is 13.4. The van der Waals surface area contributed by atoms with E-state index in [1.807, 2.05) is 12.3 Å². The summed E-state index contributed by atoms with van der Waals surface area (Å²) in [6, 6.07) is 21.6. The van der Waals surface area contributed by atoms with Crippen molar-refractivity contribution in [2.75, 3.05) is 13.3 Å². The van der Waals surface area contributed by atoms with Crippen molar-refractivity contribution in [3.63, 3.8) is 0 Å². The largest absolute Gasteiger partial charge is 0.405 e. The van der Waals surface area contributed by atoms with Crippen LogP contribution in [0.25, 0.3) is 0 Å². The Hall–Kier alpha value is -2.21. The van der Waals surface area contributed by atoms with Gasteiger partial charge < -0.3 is 14.1 Å². The zero-order valence-corrected chi connectivity index (χ0v) is 19.2. The Morgan fingerprint density at radius 1 is 1.00 bits per heavy atom. The molecular formula is C25H32N2O2Si. The zero-order chi connectivity index (χ0) is 21.0. The van der Waals surface area contributed by atoms with Crippen molar-refractivity contribution >= 4 is 24.9 Å². The lowest BCUT2D eigenvalue weighted by Crippen LogP contribution is -2.67. The molecule has 4 nitrogen and oxygen atoms in total. The van der Waals surface area contributed by atoms with Crippen molar-refractivity contribution in [2.24, 2.45) is 4.99 Å². The van der Waals surface area contributed by atoms with E-state index in [-0.39, 0.29) is 17.4 Å². The van der Waals surface area contributed by atoms with Gasteiger partial charge in [-0.3, -0.25) is 4.99 Å². The number of hydrogen-bond donors (Lipinski definition) is 0. The molecule has 0 N–H and O–H groups in total. The molecule has 0 bridgehead atoms. The van der Waals surface area contributed by atoms with Gasteiger partial charge in [0.25, 0.3) is 8.32 Å². The van der Waals surface area contributed by atoms with Crippen molar-refractivity contribution in [3.8, 4) is 0 Å². The van der Waals surface area contributed by atoms with E-state index in [1.54, 1.807) is 0 Å². The first-order chi connectivity index (χ1) is 14.5. The maximum atomic E-state index is 7.03. The monoisotopic (exact) mass is 420 g/mol. The Morgan fingerprint density at radius 2 is 1.63 bits per heavy atom. The van der Waals surface area contributed by atoms with Gasteiger partial charge in [-0.1, -0.05) is 81.4 Å². The van der Waals surface area contributed by atoms with Crippen LogP contribution in [-0.2, 0) is 9.16 Å². The Labute approximate surface area is 181 Å². The molecule has 0 amide bonds. The van der Waals surface area contributed by atoms with Crippen molar-refractivity contribution in [1.82, 2.24) is 4.90 Å².